The first kappa shape index (κ1) is 80.6. The summed E-state index contributed by atoms with van der Waals surface area (Å²) in [6.45, 7) is 3.66. The molecule has 1 aliphatic rings. The molecule has 1 heterocycles. The van der Waals surface area contributed by atoms with Gasteiger partial charge in [-0.1, -0.05) is 322 Å². The van der Waals surface area contributed by atoms with E-state index < -0.39 is 49.5 Å². The number of allylic oxidation sites excluding steroid dienone is 19. The molecule has 1 amide bonds. The highest BCUT2D eigenvalue weighted by Crippen LogP contribution is 2.23. The maximum atomic E-state index is 13.1. The molecule has 7 unspecified atom stereocenters. The molecule has 1 rings (SSSR count). The summed E-state index contributed by atoms with van der Waals surface area (Å²) in [5, 5.41) is 54.8. The van der Waals surface area contributed by atoms with Crippen LogP contribution in [0.1, 0.15) is 303 Å². The number of amides is 1. The Bertz CT molecular complexity index is 1780. The second-order valence-corrected chi connectivity index (χ2v) is 24.3. The fraction of sp³-hybridized carbons (Fsp3) is 0.727. The Kier molecular flexibility index (Phi) is 60.5. The van der Waals surface area contributed by atoms with E-state index in [1.54, 1.807) is 6.08 Å². The number of carbonyl (C=O) groups is 1. The molecule has 0 aromatic carbocycles. The highest BCUT2D eigenvalue weighted by Gasteiger charge is 2.44. The Hall–Kier alpha value is -3.41. The fourth-order valence-corrected chi connectivity index (χ4v) is 10.7. The summed E-state index contributed by atoms with van der Waals surface area (Å²) in [6, 6.07) is -0.841. The number of carbonyl (C=O) groups excluding carboxylic acids is 1. The molecule has 0 spiro atoms. The summed E-state index contributed by atoms with van der Waals surface area (Å²) >= 11 is 0. The van der Waals surface area contributed by atoms with E-state index in [-0.39, 0.29) is 12.5 Å². The van der Waals surface area contributed by atoms with Crippen LogP contribution >= 0.6 is 0 Å². The first-order valence-corrected chi connectivity index (χ1v) is 35.8. The number of rotatable bonds is 61. The second-order valence-electron chi connectivity index (χ2n) is 24.3. The number of unbranched alkanes of at least 4 members (excludes halogenated alkanes) is 33. The maximum absolute atomic E-state index is 13.1. The van der Waals surface area contributed by atoms with Crippen LogP contribution in [-0.2, 0) is 14.3 Å². The third kappa shape index (κ3) is 52.5. The average Bonchev–Trinajstić information content (AvgIpc) is 3.59. The molecular weight excluding hydrogens is 1070 g/mol. The molecule has 1 fully saturated rings. The van der Waals surface area contributed by atoms with Crippen LogP contribution in [0.15, 0.2) is 122 Å². The van der Waals surface area contributed by atoms with Gasteiger partial charge in [-0.2, -0.15) is 0 Å². The van der Waals surface area contributed by atoms with Crippen LogP contribution in [0.3, 0.4) is 0 Å². The van der Waals surface area contributed by atoms with Crippen molar-refractivity contribution in [2.75, 3.05) is 13.2 Å². The summed E-state index contributed by atoms with van der Waals surface area (Å²) in [6.07, 6.45) is 90.2. The smallest absolute Gasteiger partial charge is 0.220 e. The minimum atomic E-state index is -1.58. The van der Waals surface area contributed by atoms with E-state index in [1.165, 1.54) is 167 Å². The van der Waals surface area contributed by atoms with Crippen LogP contribution in [0.2, 0.25) is 0 Å². The van der Waals surface area contributed by atoms with Crippen molar-refractivity contribution in [3.63, 3.8) is 0 Å². The maximum Gasteiger partial charge on any atom is 0.220 e. The van der Waals surface area contributed by atoms with Gasteiger partial charge < -0.3 is 40.3 Å². The molecule has 1 aliphatic heterocycles. The van der Waals surface area contributed by atoms with Gasteiger partial charge in [0.25, 0.3) is 0 Å². The van der Waals surface area contributed by atoms with Gasteiger partial charge >= 0.3 is 0 Å². The van der Waals surface area contributed by atoms with Gasteiger partial charge in [-0.3, -0.25) is 4.79 Å². The van der Waals surface area contributed by atoms with Crippen molar-refractivity contribution >= 4 is 5.91 Å². The molecule has 0 aromatic heterocycles. The van der Waals surface area contributed by atoms with E-state index in [0.717, 1.165) is 116 Å². The number of aliphatic hydroxyl groups is 5. The van der Waals surface area contributed by atoms with Crippen LogP contribution in [-0.4, -0.2) is 87.5 Å². The lowest BCUT2D eigenvalue weighted by atomic mass is 9.99. The lowest BCUT2D eigenvalue weighted by Crippen LogP contribution is -2.60. The molecule has 86 heavy (non-hydrogen) atoms. The first-order chi connectivity index (χ1) is 42.3. The SMILES string of the molecule is CC/C=C\C/C=C\C/C=C\C/C=C\C/C=C\C/C=C\C/C=C\C/C=C\CCCCCCCCC(=O)NC(COC1OC(CO)C(O)C(O)C1O)C(O)/C=C/CC/C=C/CCCCCCCCCCCCCCCCCCCCCCCCCCCC. The van der Waals surface area contributed by atoms with E-state index >= 15 is 0 Å². The molecule has 494 valence electrons. The van der Waals surface area contributed by atoms with Crippen molar-refractivity contribution in [3.8, 4) is 0 Å². The Morgan fingerprint density at radius 1 is 0.407 bits per heavy atom. The average molecular weight is 1200 g/mol. The van der Waals surface area contributed by atoms with Crippen molar-refractivity contribution in [1.29, 1.82) is 0 Å². The summed E-state index contributed by atoms with van der Waals surface area (Å²) < 4.78 is 11.3. The molecular formula is C77H133NO8. The van der Waals surface area contributed by atoms with Crippen LogP contribution < -0.4 is 5.32 Å². The fourth-order valence-electron chi connectivity index (χ4n) is 10.7. The summed E-state index contributed by atoms with van der Waals surface area (Å²) in [5.74, 6) is -0.203. The lowest BCUT2D eigenvalue weighted by Gasteiger charge is -2.40. The molecule has 0 bridgehead atoms. The Morgan fingerprint density at radius 3 is 1.12 bits per heavy atom. The summed E-state index contributed by atoms with van der Waals surface area (Å²) in [7, 11) is 0. The molecule has 0 aliphatic carbocycles. The zero-order chi connectivity index (χ0) is 62.1. The third-order valence-corrected chi connectivity index (χ3v) is 16.3. The normalized spacial score (nSPS) is 18.8. The van der Waals surface area contributed by atoms with Crippen LogP contribution in [0, 0.1) is 0 Å². The van der Waals surface area contributed by atoms with Crippen molar-refractivity contribution in [3.05, 3.63) is 122 Å². The largest absolute Gasteiger partial charge is 0.394 e. The zero-order valence-electron chi connectivity index (χ0n) is 55.3. The molecule has 1 saturated heterocycles. The van der Waals surface area contributed by atoms with Crippen LogP contribution in [0.25, 0.3) is 0 Å². The third-order valence-electron chi connectivity index (χ3n) is 16.3. The van der Waals surface area contributed by atoms with E-state index in [1.807, 2.05) is 6.08 Å². The van der Waals surface area contributed by atoms with Gasteiger partial charge in [0.2, 0.25) is 5.91 Å². The van der Waals surface area contributed by atoms with Crippen LogP contribution in [0.4, 0.5) is 0 Å². The number of ether oxygens (including phenoxy) is 2. The molecule has 0 aromatic rings. The Labute approximate surface area is 528 Å². The number of hydrogen-bond acceptors (Lipinski definition) is 8. The van der Waals surface area contributed by atoms with Crippen molar-refractivity contribution in [1.82, 2.24) is 5.32 Å². The minimum Gasteiger partial charge on any atom is -0.394 e. The summed E-state index contributed by atoms with van der Waals surface area (Å²) in [4.78, 5) is 13.1. The zero-order valence-corrected chi connectivity index (χ0v) is 55.3. The van der Waals surface area contributed by atoms with Gasteiger partial charge in [0.05, 0.1) is 25.4 Å². The van der Waals surface area contributed by atoms with Crippen molar-refractivity contribution in [2.45, 2.75) is 346 Å². The molecule has 7 atom stereocenters. The highest BCUT2D eigenvalue weighted by molar-refractivity contribution is 5.76. The molecule has 6 N–H and O–H groups in total. The Morgan fingerprint density at radius 2 is 0.733 bits per heavy atom. The van der Waals surface area contributed by atoms with Gasteiger partial charge in [-0.05, 0) is 96.3 Å². The summed E-state index contributed by atoms with van der Waals surface area (Å²) in [5.41, 5.74) is 0. The van der Waals surface area contributed by atoms with E-state index in [0.29, 0.717) is 6.42 Å². The predicted octanol–water partition coefficient (Wildman–Crippen LogP) is 19.8. The van der Waals surface area contributed by atoms with Gasteiger partial charge in [0, 0.05) is 6.42 Å². The van der Waals surface area contributed by atoms with E-state index in [4.69, 9.17) is 9.47 Å². The van der Waals surface area contributed by atoms with Crippen molar-refractivity contribution in [2.24, 2.45) is 0 Å². The van der Waals surface area contributed by atoms with E-state index in [9.17, 15) is 30.3 Å². The highest BCUT2D eigenvalue weighted by atomic mass is 16.7. The number of nitrogens with one attached hydrogen (secondary N) is 1. The van der Waals surface area contributed by atoms with Gasteiger partial charge in [-0.25, -0.2) is 0 Å². The van der Waals surface area contributed by atoms with Gasteiger partial charge in [0.1, 0.15) is 24.4 Å². The predicted molar refractivity (Wildman–Crippen MR) is 368 cm³/mol. The number of hydrogen-bond donors (Lipinski definition) is 6. The molecule has 0 saturated carbocycles. The Balaban J connectivity index is 2.19. The first-order valence-electron chi connectivity index (χ1n) is 35.8. The molecule has 9 nitrogen and oxygen atoms in total. The van der Waals surface area contributed by atoms with Crippen LogP contribution in [0.5, 0.6) is 0 Å². The lowest BCUT2D eigenvalue weighted by molar-refractivity contribution is -0.302. The van der Waals surface area contributed by atoms with Crippen molar-refractivity contribution < 1.29 is 39.8 Å². The van der Waals surface area contributed by atoms with E-state index in [2.05, 4.69) is 129 Å². The quantitative estimate of drug-likeness (QED) is 0.0261. The topological polar surface area (TPSA) is 149 Å². The minimum absolute atomic E-state index is 0.203. The standard InChI is InChI=1S/C77H133NO8/c1-3-5-7-9-11-13-15-17-19-21-23-25-27-29-31-33-35-37-38-40-42-44-46-48-50-52-54-56-58-60-62-64-66-71(80)70(69-85-77-76(84)75(83)74(82)72(68-79)86-77)78-73(81)67-65-63-61-59-57-55-53-51-49-47-45-43-41-39-36-34-32-30-28-26-24-22-20-18-16-14-12-10-8-6-4-2/h6,8,12,14,18,20,24,26,30,32,36,39,43,45,49,51,56,58,64,66,70-72,74-77,79-80,82-84H,3-5,7,9-11,13,15-17,19,21-23,25,27-29,31,33-35,37-38,40-42,44,46-48,50,52-55,57,59-63,65,67-69H2,1-2H3,(H,78,81)/b8-6-,14-12-,20-18-,26-24-,32-30-,39-36-,45-43-,51-49-,58-56+,66-64+. The van der Waals surface area contributed by atoms with Gasteiger partial charge in [-0.15, -0.1) is 0 Å². The second kappa shape index (κ2) is 64.6. The molecule has 0 radical (unpaired) electrons. The monoisotopic (exact) mass is 1200 g/mol. The molecule has 9 heteroatoms. The number of aliphatic hydroxyl groups excluding tert-OH is 5. The van der Waals surface area contributed by atoms with Gasteiger partial charge in [0.15, 0.2) is 6.29 Å².